The van der Waals surface area contributed by atoms with E-state index in [1.165, 1.54) is 6.08 Å². The van der Waals surface area contributed by atoms with E-state index in [1.807, 2.05) is 13.0 Å². The molecule has 1 unspecified atom stereocenters. The summed E-state index contributed by atoms with van der Waals surface area (Å²) in [6.07, 6.45) is 1.51. The number of carbonyl (C=O) groups is 3. The molecule has 28 heavy (non-hydrogen) atoms. The molecular weight excluding hydrogens is 356 g/mol. The number of carbonyl (C=O) groups excluding carboxylic acids is 2. The number of aliphatic carboxylic acids is 1. The fourth-order valence-corrected chi connectivity index (χ4v) is 2.51. The number of hydrogen-bond acceptors (Lipinski definition) is 3. The predicted octanol–water partition coefficient (Wildman–Crippen LogP) is 2.99. The van der Waals surface area contributed by atoms with Crippen LogP contribution in [0.4, 0.5) is 0 Å². The van der Waals surface area contributed by atoms with Crippen molar-refractivity contribution in [2.75, 3.05) is 0 Å². The summed E-state index contributed by atoms with van der Waals surface area (Å²) in [5.41, 5.74) is 2.09. The van der Waals surface area contributed by atoms with Crippen molar-refractivity contribution in [2.24, 2.45) is 5.92 Å². The van der Waals surface area contributed by atoms with Crippen LogP contribution < -0.4 is 10.6 Å². The summed E-state index contributed by atoms with van der Waals surface area (Å²) in [6, 6.07) is 14.9. The monoisotopic (exact) mass is 380 g/mol. The predicted molar refractivity (Wildman–Crippen MR) is 107 cm³/mol. The van der Waals surface area contributed by atoms with E-state index >= 15 is 0 Å². The fraction of sp³-hybridized carbons (Fsp3) is 0.227. The molecule has 0 spiro atoms. The normalized spacial score (nSPS) is 12.4. The molecule has 2 amide bonds. The first-order chi connectivity index (χ1) is 13.3. The van der Waals surface area contributed by atoms with Crippen LogP contribution in [0.1, 0.15) is 35.3 Å². The first-order valence-corrected chi connectivity index (χ1v) is 8.96. The van der Waals surface area contributed by atoms with Crippen molar-refractivity contribution in [2.45, 2.75) is 26.8 Å². The van der Waals surface area contributed by atoms with E-state index in [2.05, 4.69) is 10.6 Å². The van der Waals surface area contributed by atoms with Gasteiger partial charge in [-0.1, -0.05) is 61.9 Å². The Kier molecular flexibility index (Phi) is 7.09. The average Bonchev–Trinajstić information content (AvgIpc) is 2.66. The van der Waals surface area contributed by atoms with Crippen LogP contribution in [0.5, 0.6) is 0 Å². The van der Waals surface area contributed by atoms with Gasteiger partial charge in [-0.15, -0.1) is 0 Å². The quantitative estimate of drug-likeness (QED) is 0.644. The molecule has 3 N–H and O–H groups in total. The van der Waals surface area contributed by atoms with Crippen LogP contribution in [-0.2, 0) is 9.59 Å². The second kappa shape index (κ2) is 9.50. The van der Waals surface area contributed by atoms with Gasteiger partial charge in [0, 0.05) is 5.56 Å². The number of carboxylic acids is 1. The summed E-state index contributed by atoms with van der Waals surface area (Å²) in [5, 5.41) is 14.4. The largest absolute Gasteiger partial charge is 0.480 e. The Morgan fingerprint density at radius 3 is 2.11 bits per heavy atom. The molecule has 0 saturated carbocycles. The average molecular weight is 380 g/mol. The van der Waals surface area contributed by atoms with Crippen molar-refractivity contribution in [3.05, 3.63) is 77.0 Å². The van der Waals surface area contributed by atoms with Crippen LogP contribution in [0.25, 0.3) is 6.08 Å². The molecule has 0 aromatic heterocycles. The lowest BCUT2D eigenvalue weighted by molar-refractivity contribution is -0.142. The van der Waals surface area contributed by atoms with Crippen LogP contribution in [0.3, 0.4) is 0 Å². The first kappa shape index (κ1) is 20.9. The molecule has 2 aromatic rings. The number of rotatable bonds is 7. The van der Waals surface area contributed by atoms with E-state index < -0.39 is 23.8 Å². The highest BCUT2D eigenvalue weighted by molar-refractivity contribution is 6.06. The Balaban J connectivity index is 2.30. The van der Waals surface area contributed by atoms with Gasteiger partial charge in [0.15, 0.2) is 0 Å². The maximum Gasteiger partial charge on any atom is 0.326 e. The highest BCUT2D eigenvalue weighted by Crippen LogP contribution is 2.10. The van der Waals surface area contributed by atoms with Gasteiger partial charge in [0.05, 0.1) is 0 Å². The molecule has 0 aliphatic carbocycles. The molecule has 6 heteroatoms. The Bertz CT molecular complexity index is 871. The molecule has 2 rings (SSSR count). The molecule has 146 valence electrons. The molecule has 1 atom stereocenters. The SMILES string of the molecule is Cc1ccc(C(=O)NC(=Cc2ccccc2)C(=O)NC(C(=O)O)C(C)C)cc1. The third-order valence-electron chi connectivity index (χ3n) is 4.14. The molecular formula is C22H24N2O4. The topological polar surface area (TPSA) is 95.5 Å². The van der Waals surface area contributed by atoms with Gasteiger partial charge in [-0.2, -0.15) is 0 Å². The van der Waals surface area contributed by atoms with E-state index in [9.17, 15) is 19.5 Å². The van der Waals surface area contributed by atoms with E-state index in [1.54, 1.807) is 62.4 Å². The van der Waals surface area contributed by atoms with Crippen molar-refractivity contribution in [3.8, 4) is 0 Å². The Labute approximate surface area is 164 Å². The Morgan fingerprint density at radius 2 is 1.57 bits per heavy atom. The number of carboxylic acid groups (broad SMARTS) is 1. The number of hydrogen-bond donors (Lipinski definition) is 3. The molecule has 0 aliphatic rings. The van der Waals surface area contributed by atoms with Crippen molar-refractivity contribution in [1.29, 1.82) is 0 Å². The standard InChI is InChI=1S/C22H24N2O4/c1-14(2)19(22(27)28)24-21(26)18(13-16-7-5-4-6-8-16)23-20(25)17-11-9-15(3)10-12-17/h4-14,19H,1-3H3,(H,23,25)(H,24,26)(H,27,28). The molecule has 0 heterocycles. The van der Waals surface area contributed by atoms with E-state index in [-0.39, 0.29) is 11.6 Å². The van der Waals surface area contributed by atoms with Gasteiger partial charge in [-0.25, -0.2) is 4.79 Å². The highest BCUT2D eigenvalue weighted by Gasteiger charge is 2.25. The number of amides is 2. The lowest BCUT2D eigenvalue weighted by atomic mass is 10.0. The third kappa shape index (κ3) is 5.81. The summed E-state index contributed by atoms with van der Waals surface area (Å²) in [4.78, 5) is 36.7. The maximum absolute atomic E-state index is 12.7. The zero-order chi connectivity index (χ0) is 20.7. The van der Waals surface area contributed by atoms with Crippen molar-refractivity contribution in [1.82, 2.24) is 10.6 Å². The van der Waals surface area contributed by atoms with E-state index in [4.69, 9.17) is 0 Å². The molecule has 0 aliphatic heterocycles. The molecule has 0 bridgehead atoms. The smallest absolute Gasteiger partial charge is 0.326 e. The van der Waals surface area contributed by atoms with Crippen molar-refractivity contribution >= 4 is 23.9 Å². The molecule has 6 nitrogen and oxygen atoms in total. The fourth-order valence-electron chi connectivity index (χ4n) is 2.51. The van der Waals surface area contributed by atoms with Crippen molar-refractivity contribution in [3.63, 3.8) is 0 Å². The summed E-state index contributed by atoms with van der Waals surface area (Å²) in [7, 11) is 0. The lowest BCUT2D eigenvalue weighted by Crippen LogP contribution is -2.47. The van der Waals surface area contributed by atoms with Crippen molar-refractivity contribution < 1.29 is 19.5 Å². The summed E-state index contributed by atoms with van der Waals surface area (Å²) in [6.45, 7) is 5.31. The van der Waals surface area contributed by atoms with E-state index in [0.29, 0.717) is 11.1 Å². The Hall–Kier alpha value is -3.41. The van der Waals surface area contributed by atoms with E-state index in [0.717, 1.165) is 5.56 Å². The van der Waals surface area contributed by atoms with Gasteiger partial charge >= 0.3 is 5.97 Å². The second-order valence-corrected chi connectivity index (χ2v) is 6.82. The van der Waals surface area contributed by atoms with Gasteiger partial charge in [0.25, 0.3) is 11.8 Å². The summed E-state index contributed by atoms with van der Waals surface area (Å²) >= 11 is 0. The minimum atomic E-state index is -1.13. The second-order valence-electron chi connectivity index (χ2n) is 6.82. The molecule has 2 aromatic carbocycles. The maximum atomic E-state index is 12.7. The Morgan fingerprint density at radius 1 is 0.964 bits per heavy atom. The van der Waals surface area contributed by atoms with Crippen LogP contribution in [0.15, 0.2) is 60.3 Å². The van der Waals surface area contributed by atoms with Crippen LogP contribution in [-0.4, -0.2) is 28.9 Å². The van der Waals surface area contributed by atoms with Gasteiger partial charge in [-0.05, 0) is 36.6 Å². The molecule has 0 fully saturated rings. The number of nitrogens with one attached hydrogen (secondary N) is 2. The van der Waals surface area contributed by atoms with Gasteiger partial charge in [-0.3, -0.25) is 9.59 Å². The summed E-state index contributed by atoms with van der Waals surface area (Å²) < 4.78 is 0. The van der Waals surface area contributed by atoms with Gasteiger partial charge in [0.2, 0.25) is 0 Å². The minimum Gasteiger partial charge on any atom is -0.480 e. The summed E-state index contributed by atoms with van der Waals surface area (Å²) in [5.74, 6) is -2.56. The third-order valence-corrected chi connectivity index (χ3v) is 4.14. The van der Waals surface area contributed by atoms with Gasteiger partial charge in [0.1, 0.15) is 11.7 Å². The highest BCUT2D eigenvalue weighted by atomic mass is 16.4. The number of aryl methyl sites for hydroxylation is 1. The van der Waals surface area contributed by atoms with Crippen LogP contribution in [0, 0.1) is 12.8 Å². The lowest BCUT2D eigenvalue weighted by Gasteiger charge is -2.19. The molecule has 0 saturated heterocycles. The number of benzene rings is 2. The first-order valence-electron chi connectivity index (χ1n) is 8.96. The zero-order valence-corrected chi connectivity index (χ0v) is 16.1. The van der Waals surface area contributed by atoms with Crippen LogP contribution >= 0.6 is 0 Å². The van der Waals surface area contributed by atoms with Gasteiger partial charge < -0.3 is 15.7 Å². The zero-order valence-electron chi connectivity index (χ0n) is 16.1. The molecule has 0 radical (unpaired) electrons. The van der Waals surface area contributed by atoms with Crippen LogP contribution in [0.2, 0.25) is 0 Å². The minimum absolute atomic E-state index is 0.0244.